The van der Waals surface area contributed by atoms with Crippen molar-refractivity contribution in [3.8, 4) is 17.2 Å². The lowest BCUT2D eigenvalue weighted by molar-refractivity contribution is -0.0104. The van der Waals surface area contributed by atoms with Gasteiger partial charge in [0.05, 0.1) is 11.0 Å². The number of hydrogen-bond donors (Lipinski definition) is 1. The number of ether oxygens (including phenoxy) is 3. The lowest BCUT2D eigenvalue weighted by Gasteiger charge is -2.30. The highest BCUT2D eigenvalue weighted by Gasteiger charge is 2.31. The van der Waals surface area contributed by atoms with E-state index in [2.05, 4.69) is 4.98 Å². The van der Waals surface area contributed by atoms with Crippen LogP contribution in [0.15, 0.2) is 72.8 Å². The van der Waals surface area contributed by atoms with Gasteiger partial charge < -0.3 is 23.9 Å². The Morgan fingerprint density at radius 2 is 1.83 bits per heavy atom. The van der Waals surface area contributed by atoms with Crippen molar-refractivity contribution in [2.24, 2.45) is 7.05 Å². The molecule has 0 amide bonds. The molecule has 2 atom stereocenters. The number of fused-ring (bicyclic) bond motifs is 2. The summed E-state index contributed by atoms with van der Waals surface area (Å²) in [4.78, 5) is 4.63. The van der Waals surface area contributed by atoms with E-state index in [1.54, 1.807) is 0 Å². The van der Waals surface area contributed by atoms with Crippen molar-refractivity contribution >= 4 is 11.0 Å². The van der Waals surface area contributed by atoms with E-state index >= 15 is 0 Å². The summed E-state index contributed by atoms with van der Waals surface area (Å²) in [6.07, 6.45) is -1.30. The third kappa shape index (κ3) is 3.46. The standard InChI is InChI=1S/C24H22N2O4/c1-26-20-10-6-5-9-19(20)25-23(26)15-28-17-11-12-21-18(13-17)24(27)22(14-29-21)30-16-7-3-2-4-8-16/h2-13,22,24,27H,14-15H2,1H3/t22-,24+/m1/s1. The lowest BCUT2D eigenvalue weighted by Crippen LogP contribution is -2.35. The van der Waals surface area contributed by atoms with Gasteiger partial charge >= 0.3 is 0 Å². The summed E-state index contributed by atoms with van der Waals surface area (Å²) in [5, 5.41) is 10.9. The monoisotopic (exact) mass is 402 g/mol. The summed E-state index contributed by atoms with van der Waals surface area (Å²) in [5.74, 6) is 2.81. The van der Waals surface area contributed by atoms with Gasteiger partial charge in [-0.1, -0.05) is 30.3 Å². The topological polar surface area (TPSA) is 65.7 Å². The quantitative estimate of drug-likeness (QED) is 0.546. The van der Waals surface area contributed by atoms with Gasteiger partial charge in [-0.05, 0) is 42.5 Å². The maximum atomic E-state index is 10.9. The molecule has 4 aromatic rings. The highest BCUT2D eigenvalue weighted by molar-refractivity contribution is 5.75. The number of benzene rings is 3. The number of imidazole rings is 1. The SMILES string of the molecule is Cn1c(COc2ccc3c(c2)[C@H](O)[C@H](Oc2ccccc2)CO3)nc2ccccc21. The van der Waals surface area contributed by atoms with Gasteiger partial charge in [-0.2, -0.15) is 0 Å². The van der Waals surface area contributed by atoms with E-state index in [4.69, 9.17) is 14.2 Å². The fourth-order valence-electron chi connectivity index (χ4n) is 3.69. The lowest BCUT2D eigenvalue weighted by atomic mass is 10.0. The Morgan fingerprint density at radius 3 is 2.67 bits per heavy atom. The average molecular weight is 402 g/mol. The van der Waals surface area contributed by atoms with Crippen molar-refractivity contribution in [2.45, 2.75) is 18.8 Å². The van der Waals surface area contributed by atoms with Crippen molar-refractivity contribution in [1.29, 1.82) is 0 Å². The predicted molar refractivity (Wildman–Crippen MR) is 113 cm³/mol. The highest BCUT2D eigenvalue weighted by atomic mass is 16.5. The molecule has 30 heavy (non-hydrogen) atoms. The summed E-state index contributed by atoms with van der Waals surface area (Å²) in [5.41, 5.74) is 2.66. The van der Waals surface area contributed by atoms with E-state index in [1.165, 1.54) is 0 Å². The number of aromatic nitrogens is 2. The molecule has 5 rings (SSSR count). The van der Waals surface area contributed by atoms with Gasteiger partial charge in [0.1, 0.15) is 42.4 Å². The molecule has 0 spiro atoms. The van der Waals surface area contributed by atoms with Crippen LogP contribution in [0.5, 0.6) is 17.2 Å². The highest BCUT2D eigenvalue weighted by Crippen LogP contribution is 2.36. The third-order valence-corrected chi connectivity index (χ3v) is 5.33. The number of aliphatic hydroxyl groups excluding tert-OH is 1. The summed E-state index contributed by atoms with van der Waals surface area (Å²) < 4.78 is 19.7. The van der Waals surface area contributed by atoms with Crippen LogP contribution in [0.25, 0.3) is 11.0 Å². The van der Waals surface area contributed by atoms with E-state index < -0.39 is 12.2 Å². The van der Waals surface area contributed by atoms with Crippen LogP contribution in [-0.4, -0.2) is 27.4 Å². The molecule has 0 saturated carbocycles. The molecule has 0 aliphatic carbocycles. The van der Waals surface area contributed by atoms with E-state index in [0.717, 1.165) is 16.9 Å². The van der Waals surface area contributed by atoms with Crippen molar-refractivity contribution in [1.82, 2.24) is 9.55 Å². The van der Waals surface area contributed by atoms with E-state index in [9.17, 15) is 5.11 Å². The zero-order valence-corrected chi connectivity index (χ0v) is 16.6. The molecule has 6 heteroatoms. The van der Waals surface area contributed by atoms with Crippen molar-refractivity contribution in [3.63, 3.8) is 0 Å². The van der Waals surface area contributed by atoms with Crippen LogP contribution in [-0.2, 0) is 13.7 Å². The van der Waals surface area contributed by atoms with Gasteiger partial charge in [-0.15, -0.1) is 0 Å². The minimum Gasteiger partial charge on any atom is -0.489 e. The number of aliphatic hydroxyl groups is 1. The largest absolute Gasteiger partial charge is 0.489 e. The van der Waals surface area contributed by atoms with Crippen LogP contribution in [0.4, 0.5) is 0 Å². The smallest absolute Gasteiger partial charge is 0.163 e. The zero-order valence-electron chi connectivity index (χ0n) is 16.6. The Labute approximate surface area is 174 Å². The third-order valence-electron chi connectivity index (χ3n) is 5.33. The summed E-state index contributed by atoms with van der Waals surface area (Å²) in [7, 11) is 1.98. The summed E-state index contributed by atoms with van der Waals surface area (Å²) in [6.45, 7) is 0.605. The molecule has 1 aliphatic rings. The maximum Gasteiger partial charge on any atom is 0.163 e. The minimum atomic E-state index is -0.812. The fraction of sp³-hybridized carbons (Fsp3) is 0.208. The molecular formula is C24H22N2O4. The molecular weight excluding hydrogens is 380 g/mol. The molecule has 0 radical (unpaired) electrons. The molecule has 3 aromatic carbocycles. The van der Waals surface area contributed by atoms with Crippen molar-refractivity contribution in [3.05, 3.63) is 84.2 Å². The molecule has 1 aliphatic heterocycles. The first-order valence-electron chi connectivity index (χ1n) is 9.89. The number of rotatable bonds is 5. The molecule has 0 bridgehead atoms. The predicted octanol–water partition coefficient (Wildman–Crippen LogP) is 4.03. The van der Waals surface area contributed by atoms with Crippen molar-refractivity contribution in [2.75, 3.05) is 6.61 Å². The summed E-state index contributed by atoms with van der Waals surface area (Å²) >= 11 is 0. The first-order valence-corrected chi connectivity index (χ1v) is 9.89. The number of hydrogen-bond acceptors (Lipinski definition) is 5. The number of aryl methyl sites for hydroxylation is 1. The number of para-hydroxylation sites is 3. The van der Waals surface area contributed by atoms with Crippen LogP contribution in [0.1, 0.15) is 17.5 Å². The van der Waals surface area contributed by atoms with Crippen LogP contribution in [0, 0.1) is 0 Å². The van der Waals surface area contributed by atoms with Gasteiger partial charge in [0.15, 0.2) is 6.10 Å². The zero-order chi connectivity index (χ0) is 20.5. The Balaban J connectivity index is 1.33. The summed E-state index contributed by atoms with van der Waals surface area (Å²) in [6, 6.07) is 22.9. The first kappa shape index (κ1) is 18.5. The Bertz CT molecular complexity index is 1170. The van der Waals surface area contributed by atoms with Crippen molar-refractivity contribution < 1.29 is 19.3 Å². The van der Waals surface area contributed by atoms with Crippen LogP contribution >= 0.6 is 0 Å². The number of nitrogens with zero attached hydrogens (tertiary/aromatic N) is 2. The second kappa shape index (κ2) is 7.72. The Kier molecular flexibility index (Phi) is 4.77. The van der Waals surface area contributed by atoms with E-state index in [-0.39, 0.29) is 6.61 Å². The van der Waals surface area contributed by atoms with Gasteiger partial charge in [-0.25, -0.2) is 4.98 Å². The second-order valence-corrected chi connectivity index (χ2v) is 7.29. The minimum absolute atomic E-state index is 0.281. The van der Waals surface area contributed by atoms with E-state index in [0.29, 0.717) is 29.4 Å². The molecule has 0 unspecified atom stereocenters. The van der Waals surface area contributed by atoms with Crippen LogP contribution in [0.2, 0.25) is 0 Å². The first-order chi connectivity index (χ1) is 14.7. The molecule has 1 aromatic heterocycles. The van der Waals surface area contributed by atoms with E-state index in [1.807, 2.05) is 84.4 Å². The molecule has 1 N–H and O–H groups in total. The Hall–Kier alpha value is -3.51. The van der Waals surface area contributed by atoms with Gasteiger partial charge in [0.25, 0.3) is 0 Å². The maximum absolute atomic E-state index is 10.9. The second-order valence-electron chi connectivity index (χ2n) is 7.29. The Morgan fingerprint density at radius 1 is 1.03 bits per heavy atom. The van der Waals surface area contributed by atoms with Gasteiger partial charge in [0.2, 0.25) is 0 Å². The normalized spacial score (nSPS) is 17.9. The molecule has 2 heterocycles. The average Bonchev–Trinajstić information content (AvgIpc) is 3.11. The van der Waals surface area contributed by atoms with Gasteiger partial charge in [0, 0.05) is 12.6 Å². The van der Waals surface area contributed by atoms with Crippen LogP contribution < -0.4 is 14.2 Å². The fourth-order valence-corrected chi connectivity index (χ4v) is 3.69. The molecule has 0 fully saturated rings. The molecule has 6 nitrogen and oxygen atoms in total. The molecule has 0 saturated heterocycles. The molecule has 152 valence electrons. The van der Waals surface area contributed by atoms with Crippen LogP contribution in [0.3, 0.4) is 0 Å². The van der Waals surface area contributed by atoms with Gasteiger partial charge in [-0.3, -0.25) is 0 Å².